The summed E-state index contributed by atoms with van der Waals surface area (Å²) in [6, 6.07) is 6.26. The molecule has 1 atom stereocenters. The van der Waals surface area contributed by atoms with E-state index in [-0.39, 0.29) is 6.42 Å². The summed E-state index contributed by atoms with van der Waals surface area (Å²) in [5.41, 5.74) is 1.40. The van der Waals surface area contributed by atoms with Gasteiger partial charge in [0.2, 0.25) is 0 Å². The molecule has 6 heteroatoms. The topological polar surface area (TPSA) is 32.7 Å². The lowest BCUT2D eigenvalue weighted by molar-refractivity contribution is -0.142. The summed E-state index contributed by atoms with van der Waals surface area (Å²) < 4.78 is 37.3. The van der Waals surface area contributed by atoms with Gasteiger partial charge < -0.3 is 0 Å². The quantitative estimate of drug-likeness (QED) is 0.782. The third kappa shape index (κ3) is 3.07. The van der Waals surface area contributed by atoms with Gasteiger partial charge in [0, 0.05) is 6.42 Å². The first kappa shape index (κ1) is 14.3. The average molecular weight is 282 g/mol. The van der Waals surface area contributed by atoms with Gasteiger partial charge >= 0.3 is 6.18 Å². The van der Waals surface area contributed by atoms with Crippen molar-refractivity contribution in [2.45, 2.75) is 25.1 Å². The van der Waals surface area contributed by atoms with Crippen molar-refractivity contribution in [1.82, 2.24) is 5.01 Å². The van der Waals surface area contributed by atoms with Crippen LogP contribution in [0.3, 0.4) is 0 Å². The lowest BCUT2D eigenvalue weighted by Crippen LogP contribution is -2.33. The molecule has 0 aromatic heterocycles. The second-order valence-corrected chi connectivity index (χ2v) is 4.43. The van der Waals surface area contributed by atoms with Crippen molar-refractivity contribution in [3.05, 3.63) is 48.0 Å². The first-order valence-corrected chi connectivity index (χ1v) is 6.07. The minimum absolute atomic E-state index is 0.225. The Morgan fingerprint density at radius 3 is 2.75 bits per heavy atom. The van der Waals surface area contributed by atoms with Crippen molar-refractivity contribution >= 4 is 12.1 Å². The van der Waals surface area contributed by atoms with E-state index >= 15 is 0 Å². The van der Waals surface area contributed by atoms with Crippen LogP contribution in [-0.2, 0) is 4.79 Å². The van der Waals surface area contributed by atoms with Crippen LogP contribution in [0.1, 0.15) is 30.0 Å². The molecule has 1 heterocycles. The van der Waals surface area contributed by atoms with Crippen molar-refractivity contribution in [1.29, 1.82) is 0 Å². The summed E-state index contributed by atoms with van der Waals surface area (Å²) in [4.78, 5) is 11.7. The predicted octanol–water partition coefficient (Wildman–Crippen LogP) is 3.43. The predicted molar refractivity (Wildman–Crippen MR) is 69.1 cm³/mol. The van der Waals surface area contributed by atoms with E-state index in [4.69, 9.17) is 0 Å². The number of alkyl halides is 3. The van der Waals surface area contributed by atoms with Crippen molar-refractivity contribution < 1.29 is 18.0 Å². The highest BCUT2D eigenvalue weighted by Gasteiger charge is 2.34. The summed E-state index contributed by atoms with van der Waals surface area (Å²) in [5.74, 6) is -0.511. The van der Waals surface area contributed by atoms with E-state index in [2.05, 4.69) is 11.7 Å². The number of amides is 1. The molecule has 1 aliphatic rings. The molecule has 1 aromatic rings. The summed E-state index contributed by atoms with van der Waals surface area (Å²) >= 11 is 0. The molecule has 0 aliphatic carbocycles. The van der Waals surface area contributed by atoms with Gasteiger partial charge in [0.15, 0.2) is 0 Å². The largest absolute Gasteiger partial charge is 0.389 e. The normalized spacial score (nSPS) is 17.8. The Bertz CT molecular complexity index is 552. The van der Waals surface area contributed by atoms with Crippen LogP contribution < -0.4 is 0 Å². The zero-order chi connectivity index (χ0) is 14.8. The van der Waals surface area contributed by atoms with Crippen LogP contribution in [0.2, 0.25) is 0 Å². The van der Waals surface area contributed by atoms with Gasteiger partial charge in [-0.25, -0.2) is 5.01 Å². The molecule has 3 nitrogen and oxygen atoms in total. The van der Waals surface area contributed by atoms with Crippen LogP contribution in [-0.4, -0.2) is 23.3 Å². The number of nitrogens with zero attached hydrogens (tertiary/aromatic N) is 2. The van der Waals surface area contributed by atoms with Gasteiger partial charge in [-0.2, -0.15) is 18.3 Å². The van der Waals surface area contributed by atoms with E-state index in [1.807, 2.05) is 0 Å². The first-order valence-electron chi connectivity index (χ1n) is 6.07. The molecule has 0 fully saturated rings. The molecule has 0 spiro atoms. The molecule has 1 aliphatic heterocycles. The Kier molecular flexibility index (Phi) is 3.92. The smallest absolute Gasteiger partial charge is 0.268 e. The van der Waals surface area contributed by atoms with E-state index in [9.17, 15) is 18.0 Å². The number of carbonyl (C=O) groups is 1. The zero-order valence-electron chi connectivity index (χ0n) is 10.6. The lowest BCUT2D eigenvalue weighted by Gasteiger charge is -2.31. The van der Waals surface area contributed by atoms with Crippen LogP contribution in [0.25, 0.3) is 0 Å². The highest BCUT2D eigenvalue weighted by molar-refractivity contribution is 5.91. The van der Waals surface area contributed by atoms with Crippen LogP contribution in [0.15, 0.2) is 42.0 Å². The molecule has 2 rings (SSSR count). The number of hydrazone groups is 1. The standard InChI is InChI=1S/C14H13F3N2O/c1-2-13(20)19-12(7-8-14(15,16)17)11-6-4-3-5-10(11)9-18-19/h2-6,9,12H,1,7-8H2. The molecule has 0 radical (unpaired) electrons. The molecule has 106 valence electrons. The molecule has 0 N–H and O–H groups in total. The molecule has 0 saturated carbocycles. The van der Waals surface area contributed by atoms with Gasteiger partial charge in [0.25, 0.3) is 5.91 Å². The Morgan fingerprint density at radius 1 is 1.40 bits per heavy atom. The maximum Gasteiger partial charge on any atom is 0.389 e. The number of hydrogen-bond donors (Lipinski definition) is 0. The van der Waals surface area contributed by atoms with Crippen LogP contribution in [0.5, 0.6) is 0 Å². The number of benzene rings is 1. The van der Waals surface area contributed by atoms with Crippen molar-refractivity contribution in [3.63, 3.8) is 0 Å². The molecule has 1 amide bonds. The van der Waals surface area contributed by atoms with Gasteiger partial charge in [0.05, 0.1) is 12.3 Å². The maximum absolute atomic E-state index is 12.4. The fourth-order valence-corrected chi connectivity index (χ4v) is 2.15. The lowest BCUT2D eigenvalue weighted by atomic mass is 9.95. The molecule has 1 aromatic carbocycles. The van der Waals surface area contributed by atoms with Gasteiger partial charge in [-0.3, -0.25) is 4.79 Å². The third-order valence-electron chi connectivity index (χ3n) is 3.07. The second-order valence-electron chi connectivity index (χ2n) is 4.43. The Labute approximate surface area is 114 Å². The Balaban J connectivity index is 2.32. The average Bonchev–Trinajstić information content (AvgIpc) is 2.42. The van der Waals surface area contributed by atoms with Crippen molar-refractivity contribution in [2.75, 3.05) is 0 Å². The Morgan fingerprint density at radius 2 is 2.10 bits per heavy atom. The van der Waals surface area contributed by atoms with E-state index in [1.165, 1.54) is 6.21 Å². The van der Waals surface area contributed by atoms with E-state index in [0.717, 1.165) is 16.6 Å². The van der Waals surface area contributed by atoms with Crippen molar-refractivity contribution in [3.8, 4) is 0 Å². The van der Waals surface area contributed by atoms with Gasteiger partial charge in [-0.15, -0.1) is 0 Å². The second kappa shape index (κ2) is 5.48. The van der Waals surface area contributed by atoms with E-state index in [0.29, 0.717) is 5.56 Å². The minimum Gasteiger partial charge on any atom is -0.268 e. The molecule has 1 unspecified atom stereocenters. The van der Waals surface area contributed by atoms with Gasteiger partial charge in [-0.1, -0.05) is 30.8 Å². The summed E-state index contributed by atoms with van der Waals surface area (Å²) in [5, 5.41) is 5.00. The van der Waals surface area contributed by atoms with Crippen LogP contribution in [0, 0.1) is 0 Å². The molecular weight excluding hydrogens is 269 g/mol. The zero-order valence-corrected chi connectivity index (χ0v) is 10.6. The van der Waals surface area contributed by atoms with Gasteiger partial charge in [-0.05, 0) is 23.6 Å². The minimum atomic E-state index is -4.26. The monoisotopic (exact) mass is 282 g/mol. The summed E-state index contributed by atoms with van der Waals surface area (Å²) in [6.45, 7) is 3.35. The van der Waals surface area contributed by atoms with E-state index in [1.54, 1.807) is 24.3 Å². The molecule has 0 saturated heterocycles. The number of rotatable bonds is 3. The molecular formula is C14H13F3N2O. The van der Waals surface area contributed by atoms with Crippen molar-refractivity contribution in [2.24, 2.45) is 5.10 Å². The number of fused-ring (bicyclic) bond motifs is 1. The SMILES string of the molecule is C=CC(=O)N1N=Cc2ccccc2C1CCC(F)(F)F. The van der Waals surface area contributed by atoms with Crippen LogP contribution >= 0.6 is 0 Å². The Hall–Kier alpha value is -2.11. The maximum atomic E-state index is 12.4. The number of halogens is 3. The summed E-state index contributed by atoms with van der Waals surface area (Å²) in [7, 11) is 0. The highest BCUT2D eigenvalue weighted by atomic mass is 19.4. The highest BCUT2D eigenvalue weighted by Crippen LogP contribution is 2.35. The molecule has 20 heavy (non-hydrogen) atoms. The third-order valence-corrected chi connectivity index (χ3v) is 3.07. The summed E-state index contributed by atoms with van der Waals surface area (Å²) in [6.07, 6.45) is -2.94. The van der Waals surface area contributed by atoms with Crippen LogP contribution in [0.4, 0.5) is 13.2 Å². The fourth-order valence-electron chi connectivity index (χ4n) is 2.15. The molecule has 0 bridgehead atoms. The van der Waals surface area contributed by atoms with E-state index < -0.39 is 24.5 Å². The number of carbonyl (C=O) groups excluding carboxylic acids is 1. The number of hydrogen-bond acceptors (Lipinski definition) is 2. The first-order chi connectivity index (χ1) is 9.42. The fraction of sp³-hybridized carbons (Fsp3) is 0.286. The van der Waals surface area contributed by atoms with Gasteiger partial charge in [0.1, 0.15) is 0 Å².